The van der Waals surface area contributed by atoms with Crippen LogP contribution in [0.25, 0.3) is 6.08 Å². The van der Waals surface area contributed by atoms with Gasteiger partial charge in [0.2, 0.25) is 0 Å². The fourth-order valence-corrected chi connectivity index (χ4v) is 1.64. The third-order valence-corrected chi connectivity index (χ3v) is 2.69. The molecule has 0 spiro atoms. The first kappa shape index (κ1) is 11.6. The molecule has 0 aromatic heterocycles. The zero-order chi connectivity index (χ0) is 12.1. The summed E-state index contributed by atoms with van der Waals surface area (Å²) >= 11 is 0. The van der Waals surface area contributed by atoms with Gasteiger partial charge in [0.15, 0.2) is 0 Å². The van der Waals surface area contributed by atoms with E-state index in [1.165, 1.54) is 5.56 Å². The van der Waals surface area contributed by atoms with Crippen LogP contribution in [0.15, 0.2) is 60.7 Å². The van der Waals surface area contributed by atoms with Gasteiger partial charge < -0.3 is 5.11 Å². The molecule has 0 radical (unpaired) electrons. The van der Waals surface area contributed by atoms with Crippen molar-refractivity contribution in [2.24, 2.45) is 0 Å². The molecule has 0 aliphatic heterocycles. The van der Waals surface area contributed by atoms with E-state index in [4.69, 9.17) is 0 Å². The monoisotopic (exact) mass is 224 g/mol. The van der Waals surface area contributed by atoms with Crippen LogP contribution in [-0.2, 0) is 0 Å². The van der Waals surface area contributed by atoms with E-state index in [0.717, 1.165) is 11.1 Å². The van der Waals surface area contributed by atoms with E-state index in [2.05, 4.69) is 0 Å². The molecule has 0 fully saturated rings. The predicted molar refractivity (Wildman–Crippen MR) is 71.6 cm³/mol. The quantitative estimate of drug-likeness (QED) is 0.842. The first-order chi connectivity index (χ1) is 8.25. The molecule has 2 aromatic rings. The van der Waals surface area contributed by atoms with Gasteiger partial charge in [0.05, 0.1) is 6.10 Å². The van der Waals surface area contributed by atoms with Gasteiger partial charge in [-0.2, -0.15) is 0 Å². The first-order valence-corrected chi connectivity index (χ1v) is 5.73. The predicted octanol–water partition coefficient (Wildman–Crippen LogP) is 3.74. The minimum atomic E-state index is -0.546. The van der Waals surface area contributed by atoms with E-state index in [1.54, 1.807) is 6.08 Å². The van der Waals surface area contributed by atoms with Gasteiger partial charge in [-0.25, -0.2) is 0 Å². The number of benzene rings is 2. The second-order valence-electron chi connectivity index (χ2n) is 4.13. The highest BCUT2D eigenvalue weighted by atomic mass is 16.3. The number of aliphatic hydroxyl groups excluding tert-OH is 1. The number of aliphatic hydroxyl groups is 1. The summed E-state index contributed by atoms with van der Waals surface area (Å²) in [6.07, 6.45) is 3.20. The highest BCUT2D eigenvalue weighted by Gasteiger charge is 2.01. The van der Waals surface area contributed by atoms with Crippen molar-refractivity contribution in [2.75, 3.05) is 0 Å². The Morgan fingerprint density at radius 1 is 0.941 bits per heavy atom. The number of hydrogen-bond acceptors (Lipinski definition) is 1. The van der Waals surface area contributed by atoms with Gasteiger partial charge >= 0.3 is 0 Å². The lowest BCUT2D eigenvalue weighted by molar-refractivity contribution is 0.229. The van der Waals surface area contributed by atoms with Gasteiger partial charge in [0.25, 0.3) is 0 Å². The van der Waals surface area contributed by atoms with Crippen molar-refractivity contribution in [3.05, 3.63) is 77.4 Å². The Balaban J connectivity index is 2.09. The maximum absolute atomic E-state index is 9.99. The van der Waals surface area contributed by atoms with Crippen molar-refractivity contribution in [2.45, 2.75) is 13.0 Å². The number of aryl methyl sites for hydroxylation is 1. The van der Waals surface area contributed by atoms with Crippen LogP contribution < -0.4 is 0 Å². The van der Waals surface area contributed by atoms with Crippen LogP contribution in [0.3, 0.4) is 0 Å². The normalized spacial score (nSPS) is 12.8. The fourth-order valence-electron chi connectivity index (χ4n) is 1.64. The van der Waals surface area contributed by atoms with Crippen LogP contribution in [-0.4, -0.2) is 5.11 Å². The van der Waals surface area contributed by atoms with Crippen molar-refractivity contribution in [3.8, 4) is 0 Å². The van der Waals surface area contributed by atoms with Gasteiger partial charge in [0.1, 0.15) is 0 Å². The topological polar surface area (TPSA) is 20.2 Å². The zero-order valence-corrected chi connectivity index (χ0v) is 9.88. The molecule has 0 amide bonds. The summed E-state index contributed by atoms with van der Waals surface area (Å²) in [7, 11) is 0. The second-order valence-corrected chi connectivity index (χ2v) is 4.13. The zero-order valence-electron chi connectivity index (χ0n) is 9.88. The molecule has 0 unspecified atom stereocenters. The van der Waals surface area contributed by atoms with Gasteiger partial charge in [-0.1, -0.05) is 72.3 Å². The summed E-state index contributed by atoms with van der Waals surface area (Å²) < 4.78 is 0. The molecule has 0 bridgehead atoms. The van der Waals surface area contributed by atoms with Crippen LogP contribution in [0.1, 0.15) is 22.8 Å². The van der Waals surface area contributed by atoms with Crippen molar-refractivity contribution >= 4 is 6.08 Å². The molecular weight excluding hydrogens is 208 g/mol. The Morgan fingerprint density at radius 3 is 2.24 bits per heavy atom. The minimum Gasteiger partial charge on any atom is -0.384 e. The summed E-state index contributed by atoms with van der Waals surface area (Å²) in [5.41, 5.74) is 3.22. The SMILES string of the molecule is Cc1ccc([C@@H](O)/C=C/c2ccccc2)cc1. The highest BCUT2D eigenvalue weighted by molar-refractivity contribution is 5.50. The molecule has 1 heteroatoms. The van der Waals surface area contributed by atoms with Gasteiger partial charge in [-0.05, 0) is 18.1 Å². The molecule has 0 heterocycles. The number of rotatable bonds is 3. The van der Waals surface area contributed by atoms with E-state index in [-0.39, 0.29) is 0 Å². The molecule has 1 nitrogen and oxygen atoms in total. The van der Waals surface area contributed by atoms with Crippen molar-refractivity contribution in [3.63, 3.8) is 0 Å². The van der Waals surface area contributed by atoms with E-state index < -0.39 is 6.10 Å². The molecule has 1 N–H and O–H groups in total. The molecule has 0 saturated carbocycles. The Hall–Kier alpha value is -1.86. The second kappa shape index (κ2) is 5.46. The molecule has 2 aromatic carbocycles. The summed E-state index contributed by atoms with van der Waals surface area (Å²) in [6.45, 7) is 2.04. The molecule has 0 aliphatic rings. The summed E-state index contributed by atoms with van der Waals surface area (Å²) in [5.74, 6) is 0. The molecule has 86 valence electrons. The smallest absolute Gasteiger partial charge is 0.0975 e. The lowest BCUT2D eigenvalue weighted by atomic mass is 10.1. The van der Waals surface area contributed by atoms with E-state index >= 15 is 0 Å². The van der Waals surface area contributed by atoms with E-state index in [9.17, 15) is 5.11 Å². The summed E-state index contributed by atoms with van der Waals surface area (Å²) in [6, 6.07) is 17.9. The first-order valence-electron chi connectivity index (χ1n) is 5.73. The fraction of sp³-hybridized carbons (Fsp3) is 0.125. The third kappa shape index (κ3) is 3.30. The van der Waals surface area contributed by atoms with Gasteiger partial charge in [0, 0.05) is 0 Å². The summed E-state index contributed by atoms with van der Waals surface area (Å²) in [4.78, 5) is 0. The van der Waals surface area contributed by atoms with Crippen LogP contribution >= 0.6 is 0 Å². The van der Waals surface area contributed by atoms with E-state index in [1.807, 2.05) is 67.6 Å². The van der Waals surface area contributed by atoms with E-state index in [0.29, 0.717) is 0 Å². The molecule has 1 atom stereocenters. The van der Waals surface area contributed by atoms with Crippen molar-refractivity contribution in [1.82, 2.24) is 0 Å². The van der Waals surface area contributed by atoms with Crippen LogP contribution in [0.4, 0.5) is 0 Å². The standard InChI is InChI=1S/C16H16O/c1-13-7-10-15(11-8-13)16(17)12-9-14-5-3-2-4-6-14/h2-12,16-17H,1H3/b12-9+/t16-/m0/s1. The minimum absolute atomic E-state index is 0.546. The Kier molecular flexibility index (Phi) is 3.73. The number of hydrogen-bond donors (Lipinski definition) is 1. The largest absolute Gasteiger partial charge is 0.384 e. The summed E-state index contributed by atoms with van der Waals surface area (Å²) in [5, 5.41) is 9.99. The van der Waals surface area contributed by atoms with Gasteiger partial charge in [-0.3, -0.25) is 0 Å². The highest BCUT2D eigenvalue weighted by Crippen LogP contribution is 2.16. The van der Waals surface area contributed by atoms with Crippen LogP contribution in [0.5, 0.6) is 0 Å². The Bertz CT molecular complexity index is 483. The molecule has 2 rings (SSSR count). The third-order valence-electron chi connectivity index (χ3n) is 2.69. The molecule has 17 heavy (non-hydrogen) atoms. The average molecular weight is 224 g/mol. The van der Waals surface area contributed by atoms with Crippen molar-refractivity contribution < 1.29 is 5.11 Å². The van der Waals surface area contributed by atoms with Gasteiger partial charge in [-0.15, -0.1) is 0 Å². The average Bonchev–Trinajstić information content (AvgIpc) is 2.38. The molecule has 0 saturated heterocycles. The Labute approximate surface area is 102 Å². The van der Waals surface area contributed by atoms with Crippen molar-refractivity contribution in [1.29, 1.82) is 0 Å². The maximum Gasteiger partial charge on any atom is 0.0975 e. The van der Waals surface area contributed by atoms with Crippen LogP contribution in [0.2, 0.25) is 0 Å². The van der Waals surface area contributed by atoms with Crippen LogP contribution in [0, 0.1) is 6.92 Å². The lowest BCUT2D eigenvalue weighted by Crippen LogP contribution is -1.92. The maximum atomic E-state index is 9.99. The molecule has 0 aliphatic carbocycles. The molecular formula is C16H16O. The Morgan fingerprint density at radius 2 is 1.59 bits per heavy atom. The lowest BCUT2D eigenvalue weighted by Gasteiger charge is -2.06.